The second kappa shape index (κ2) is 8.68. The summed E-state index contributed by atoms with van der Waals surface area (Å²) in [6.45, 7) is 2.72. The number of hydrogen-bond donors (Lipinski definition) is 1. The van der Waals surface area contributed by atoms with E-state index in [9.17, 15) is 9.59 Å². The summed E-state index contributed by atoms with van der Waals surface area (Å²) in [5.74, 6) is 0.0823. The number of rotatable bonds is 4. The van der Waals surface area contributed by atoms with Crippen molar-refractivity contribution in [3.8, 4) is 0 Å². The quantitative estimate of drug-likeness (QED) is 0.440. The number of nitrogens with zero attached hydrogens (tertiary/aromatic N) is 2. The lowest BCUT2D eigenvalue weighted by molar-refractivity contribution is 0.0714. The third kappa shape index (κ3) is 3.97. The van der Waals surface area contributed by atoms with Gasteiger partial charge in [0.25, 0.3) is 11.8 Å². The Morgan fingerprint density at radius 3 is 2.38 bits per heavy atom. The number of nitrogens with one attached hydrogen (secondary N) is 1. The highest BCUT2D eigenvalue weighted by Crippen LogP contribution is 2.35. The Morgan fingerprint density at radius 1 is 0.938 bits per heavy atom. The van der Waals surface area contributed by atoms with Crippen molar-refractivity contribution < 1.29 is 14.0 Å². The summed E-state index contributed by atoms with van der Waals surface area (Å²) >= 11 is 7.81. The van der Waals surface area contributed by atoms with E-state index in [4.69, 9.17) is 16.0 Å². The zero-order valence-corrected chi connectivity index (χ0v) is 18.7. The number of amides is 2. The second-order valence-electron chi connectivity index (χ2n) is 7.50. The van der Waals surface area contributed by atoms with Crippen molar-refractivity contribution in [3.63, 3.8) is 0 Å². The van der Waals surface area contributed by atoms with Crippen molar-refractivity contribution in [2.75, 3.05) is 36.4 Å². The average molecular weight is 466 g/mol. The van der Waals surface area contributed by atoms with Gasteiger partial charge in [-0.25, -0.2) is 0 Å². The van der Waals surface area contributed by atoms with Gasteiger partial charge in [0.2, 0.25) is 0 Å². The minimum atomic E-state index is -0.214. The molecule has 8 heteroatoms. The molecule has 2 amide bonds. The third-order valence-electron chi connectivity index (χ3n) is 5.53. The molecular formula is C24H20ClN3O3S. The number of halogens is 1. The molecule has 2 aromatic carbocycles. The fourth-order valence-corrected chi connectivity index (χ4v) is 5.24. The first-order valence-electron chi connectivity index (χ1n) is 10.3. The van der Waals surface area contributed by atoms with E-state index in [1.807, 2.05) is 48.5 Å². The molecule has 0 bridgehead atoms. The number of benzene rings is 2. The zero-order chi connectivity index (χ0) is 22.1. The molecule has 0 atom stereocenters. The molecule has 0 spiro atoms. The van der Waals surface area contributed by atoms with Gasteiger partial charge in [-0.1, -0.05) is 29.8 Å². The predicted molar refractivity (Wildman–Crippen MR) is 128 cm³/mol. The summed E-state index contributed by atoms with van der Waals surface area (Å²) in [5.41, 5.74) is 1.76. The first kappa shape index (κ1) is 20.6. The van der Waals surface area contributed by atoms with Crippen molar-refractivity contribution in [1.82, 2.24) is 4.90 Å². The normalized spacial score (nSPS) is 14.0. The average Bonchev–Trinajstić information content (AvgIpc) is 3.48. The molecule has 1 saturated heterocycles. The topological polar surface area (TPSA) is 65.8 Å². The molecule has 32 heavy (non-hydrogen) atoms. The van der Waals surface area contributed by atoms with Crippen LogP contribution in [0.15, 0.2) is 71.3 Å². The van der Waals surface area contributed by atoms with Crippen LogP contribution in [0.3, 0.4) is 0 Å². The van der Waals surface area contributed by atoms with E-state index in [-0.39, 0.29) is 11.8 Å². The molecule has 1 aliphatic heterocycles. The summed E-state index contributed by atoms with van der Waals surface area (Å²) in [7, 11) is 0. The summed E-state index contributed by atoms with van der Waals surface area (Å²) in [6, 6.07) is 18.9. The highest BCUT2D eigenvalue weighted by molar-refractivity contribution is 7.21. The lowest BCUT2D eigenvalue weighted by atomic mass is 10.2. The smallest absolute Gasteiger partial charge is 0.289 e. The van der Waals surface area contributed by atoms with Crippen LogP contribution < -0.4 is 10.2 Å². The molecule has 6 nitrogen and oxygen atoms in total. The Labute approximate surface area is 194 Å². The molecule has 0 radical (unpaired) electrons. The van der Waals surface area contributed by atoms with E-state index >= 15 is 0 Å². The van der Waals surface area contributed by atoms with Gasteiger partial charge in [-0.05, 0) is 42.5 Å². The van der Waals surface area contributed by atoms with Gasteiger partial charge in [0, 0.05) is 47.6 Å². The number of thiophene rings is 1. The number of piperazine rings is 1. The lowest BCUT2D eigenvalue weighted by Gasteiger charge is -2.35. The molecule has 5 rings (SSSR count). The summed E-state index contributed by atoms with van der Waals surface area (Å²) in [6.07, 6.45) is 1.51. The molecule has 3 heterocycles. The van der Waals surface area contributed by atoms with Crippen molar-refractivity contribution in [2.45, 2.75) is 0 Å². The molecule has 0 saturated carbocycles. The first-order chi connectivity index (χ1) is 15.6. The maximum Gasteiger partial charge on any atom is 0.289 e. The first-order valence-corrected chi connectivity index (χ1v) is 11.5. The van der Waals surface area contributed by atoms with Crippen LogP contribution in [0, 0.1) is 0 Å². The number of carbonyl (C=O) groups is 2. The number of anilines is 2. The number of hydrogen-bond acceptors (Lipinski definition) is 5. The Kier molecular flexibility index (Phi) is 5.59. The zero-order valence-electron chi connectivity index (χ0n) is 17.1. The second-order valence-corrected chi connectivity index (χ2v) is 8.93. The van der Waals surface area contributed by atoms with Crippen molar-refractivity contribution in [3.05, 3.63) is 82.6 Å². The molecule has 1 aliphatic rings. The monoisotopic (exact) mass is 465 g/mol. The van der Waals surface area contributed by atoms with E-state index in [1.54, 1.807) is 17.0 Å². The van der Waals surface area contributed by atoms with Crippen molar-refractivity contribution >= 4 is 56.2 Å². The van der Waals surface area contributed by atoms with Gasteiger partial charge in [-0.3, -0.25) is 9.59 Å². The Hall–Kier alpha value is -3.29. The van der Waals surface area contributed by atoms with E-state index < -0.39 is 0 Å². The van der Waals surface area contributed by atoms with Crippen LogP contribution in [0.1, 0.15) is 20.2 Å². The molecular weight excluding hydrogens is 446 g/mol. The minimum Gasteiger partial charge on any atom is -0.459 e. The summed E-state index contributed by atoms with van der Waals surface area (Å²) < 4.78 is 6.20. The number of fused-ring (bicyclic) bond motifs is 1. The summed E-state index contributed by atoms with van der Waals surface area (Å²) in [4.78, 5) is 29.7. The van der Waals surface area contributed by atoms with Gasteiger partial charge < -0.3 is 19.5 Å². The van der Waals surface area contributed by atoms with Crippen molar-refractivity contribution in [1.29, 1.82) is 0 Å². The number of carbonyl (C=O) groups excluding carboxylic acids is 2. The standard InChI is InChI=1S/C24H20ClN3O3S/c25-21-18-4-1-2-6-20(18)32-22(21)23(29)26-16-7-9-17(10-8-16)27-11-13-28(14-12-27)24(30)19-5-3-15-31-19/h1-10,15H,11-14H2,(H,26,29). The van der Waals surface area contributed by atoms with Crippen LogP contribution in [0.5, 0.6) is 0 Å². The maximum absolute atomic E-state index is 12.7. The van der Waals surface area contributed by atoms with Crippen LogP contribution in [0.2, 0.25) is 5.02 Å². The predicted octanol–water partition coefficient (Wildman–Crippen LogP) is 5.36. The Morgan fingerprint density at radius 2 is 1.69 bits per heavy atom. The maximum atomic E-state index is 12.7. The van der Waals surface area contributed by atoms with Gasteiger partial charge in [0.1, 0.15) is 4.88 Å². The van der Waals surface area contributed by atoms with Crippen LogP contribution in [0.25, 0.3) is 10.1 Å². The van der Waals surface area contributed by atoms with Gasteiger partial charge in [-0.2, -0.15) is 0 Å². The van der Waals surface area contributed by atoms with Gasteiger partial charge in [0.05, 0.1) is 11.3 Å². The van der Waals surface area contributed by atoms with Crippen LogP contribution in [-0.2, 0) is 0 Å². The fourth-order valence-electron chi connectivity index (χ4n) is 3.83. The van der Waals surface area contributed by atoms with E-state index in [0.29, 0.717) is 34.4 Å². The molecule has 1 N–H and O–H groups in total. The largest absolute Gasteiger partial charge is 0.459 e. The van der Waals surface area contributed by atoms with E-state index in [0.717, 1.165) is 28.9 Å². The van der Waals surface area contributed by atoms with Gasteiger partial charge in [0.15, 0.2) is 5.76 Å². The fraction of sp³-hybridized carbons (Fsp3) is 0.167. The highest BCUT2D eigenvalue weighted by Gasteiger charge is 2.24. The van der Waals surface area contributed by atoms with Crippen LogP contribution in [0.4, 0.5) is 11.4 Å². The molecule has 4 aromatic rings. The minimum absolute atomic E-state index is 0.0763. The van der Waals surface area contributed by atoms with Crippen molar-refractivity contribution in [2.24, 2.45) is 0 Å². The molecule has 0 aliphatic carbocycles. The SMILES string of the molecule is O=C(Nc1ccc(N2CCN(C(=O)c3ccco3)CC2)cc1)c1sc2ccccc2c1Cl. The Balaban J connectivity index is 1.21. The Bertz CT molecular complexity index is 1260. The number of furan rings is 1. The van der Waals surface area contributed by atoms with E-state index in [1.165, 1.54) is 17.6 Å². The van der Waals surface area contributed by atoms with Crippen LogP contribution in [-0.4, -0.2) is 42.9 Å². The summed E-state index contributed by atoms with van der Waals surface area (Å²) in [5, 5.41) is 4.31. The molecule has 1 fully saturated rings. The molecule has 162 valence electrons. The highest BCUT2D eigenvalue weighted by atomic mass is 35.5. The van der Waals surface area contributed by atoms with Gasteiger partial charge >= 0.3 is 0 Å². The third-order valence-corrected chi connectivity index (χ3v) is 7.20. The lowest BCUT2D eigenvalue weighted by Crippen LogP contribution is -2.48. The van der Waals surface area contributed by atoms with Gasteiger partial charge in [-0.15, -0.1) is 11.3 Å². The van der Waals surface area contributed by atoms with Crippen LogP contribution >= 0.6 is 22.9 Å². The van der Waals surface area contributed by atoms with E-state index in [2.05, 4.69) is 10.2 Å². The molecule has 2 aromatic heterocycles. The molecule has 0 unspecified atom stereocenters.